The summed E-state index contributed by atoms with van der Waals surface area (Å²) < 4.78 is 0. The zero-order valence-electron chi connectivity index (χ0n) is 11.2. The molecular formula is C16H21NO2. The topological polar surface area (TPSA) is 49.3 Å². The fraction of sp³-hybridized carbons (Fsp3) is 0.562. The molecule has 1 saturated carbocycles. The smallest absolute Gasteiger partial charge is 0.224 e. The summed E-state index contributed by atoms with van der Waals surface area (Å²) in [4.78, 5) is 11.5. The van der Waals surface area contributed by atoms with Gasteiger partial charge in [0.2, 0.25) is 5.91 Å². The summed E-state index contributed by atoms with van der Waals surface area (Å²) in [6.07, 6.45) is 6.80. The first-order valence-corrected chi connectivity index (χ1v) is 7.35. The lowest BCUT2D eigenvalue weighted by atomic mass is 9.92. The third kappa shape index (κ3) is 2.66. The van der Waals surface area contributed by atoms with Gasteiger partial charge in [-0.25, -0.2) is 0 Å². The molecule has 102 valence electrons. The summed E-state index contributed by atoms with van der Waals surface area (Å²) in [5.41, 5.74) is 3.10. The molecule has 1 aromatic carbocycles. The van der Waals surface area contributed by atoms with Gasteiger partial charge in [0.25, 0.3) is 0 Å². The molecule has 19 heavy (non-hydrogen) atoms. The predicted molar refractivity (Wildman–Crippen MR) is 74.9 cm³/mol. The van der Waals surface area contributed by atoms with Gasteiger partial charge in [0.15, 0.2) is 0 Å². The minimum atomic E-state index is -0.341. The highest BCUT2D eigenvalue weighted by atomic mass is 16.3. The second kappa shape index (κ2) is 5.33. The maximum Gasteiger partial charge on any atom is 0.224 e. The van der Waals surface area contributed by atoms with Gasteiger partial charge in [-0.2, -0.15) is 0 Å². The van der Waals surface area contributed by atoms with Crippen LogP contribution in [0.4, 0.5) is 5.69 Å². The third-order valence-corrected chi connectivity index (χ3v) is 4.44. The first-order valence-electron chi connectivity index (χ1n) is 7.35. The van der Waals surface area contributed by atoms with E-state index in [1.165, 1.54) is 18.4 Å². The van der Waals surface area contributed by atoms with Crippen molar-refractivity contribution in [2.24, 2.45) is 5.92 Å². The predicted octanol–water partition coefficient (Wildman–Crippen LogP) is 3.19. The molecule has 0 bridgehead atoms. The Balaban J connectivity index is 1.84. The van der Waals surface area contributed by atoms with Crippen LogP contribution in [-0.4, -0.2) is 11.0 Å². The molecule has 1 atom stereocenters. The van der Waals surface area contributed by atoms with Gasteiger partial charge >= 0.3 is 0 Å². The van der Waals surface area contributed by atoms with E-state index in [1.54, 1.807) is 0 Å². The molecule has 3 nitrogen and oxygen atoms in total. The average molecular weight is 259 g/mol. The zero-order chi connectivity index (χ0) is 13.2. The summed E-state index contributed by atoms with van der Waals surface area (Å²) in [5, 5.41) is 13.4. The highest BCUT2D eigenvalue weighted by Gasteiger charge is 2.25. The molecule has 0 spiro atoms. The number of rotatable bonds is 2. The molecule has 1 fully saturated rings. The van der Waals surface area contributed by atoms with Crippen LogP contribution in [-0.2, 0) is 11.2 Å². The average Bonchev–Trinajstić information content (AvgIpc) is 2.87. The minimum Gasteiger partial charge on any atom is -0.388 e. The number of hydrogen-bond acceptors (Lipinski definition) is 2. The Bertz CT molecular complexity index is 478. The fourth-order valence-corrected chi connectivity index (χ4v) is 3.32. The molecule has 2 N–H and O–H groups in total. The number of aliphatic hydroxyl groups excluding tert-OH is 1. The van der Waals surface area contributed by atoms with E-state index in [0.29, 0.717) is 12.3 Å². The van der Waals surface area contributed by atoms with Crippen LogP contribution in [0.1, 0.15) is 55.8 Å². The second-order valence-electron chi connectivity index (χ2n) is 5.81. The van der Waals surface area contributed by atoms with Crippen molar-refractivity contribution in [2.75, 3.05) is 5.32 Å². The molecule has 1 amide bonds. The van der Waals surface area contributed by atoms with Gasteiger partial charge in [0.1, 0.15) is 0 Å². The van der Waals surface area contributed by atoms with Gasteiger partial charge in [-0.3, -0.25) is 4.79 Å². The van der Waals surface area contributed by atoms with Gasteiger partial charge in [-0.1, -0.05) is 25.0 Å². The number of aryl methyl sites for hydroxylation is 1. The molecule has 0 aromatic heterocycles. The third-order valence-electron chi connectivity index (χ3n) is 4.44. The van der Waals surface area contributed by atoms with E-state index in [0.717, 1.165) is 36.9 Å². The summed E-state index contributed by atoms with van der Waals surface area (Å²) in [6.45, 7) is 0. The molecule has 1 unspecified atom stereocenters. The van der Waals surface area contributed by atoms with Gasteiger partial charge in [0.05, 0.1) is 6.10 Å². The molecule has 1 aliphatic carbocycles. The Labute approximate surface area is 114 Å². The number of benzene rings is 1. The highest BCUT2D eigenvalue weighted by Crippen LogP contribution is 2.37. The zero-order valence-corrected chi connectivity index (χ0v) is 11.2. The first-order chi connectivity index (χ1) is 9.24. The lowest BCUT2D eigenvalue weighted by Crippen LogP contribution is -2.11. The van der Waals surface area contributed by atoms with E-state index in [4.69, 9.17) is 0 Å². The number of hydrogen-bond donors (Lipinski definition) is 2. The maximum atomic E-state index is 11.5. The number of carbonyl (C=O) groups is 1. The standard InChI is InChI=1S/C16H21NO2/c18-15-7-3-6-12-10-13(8-9-14(12)17-15)16(19)11-4-1-2-5-11/h8-11,16,19H,1-7H2,(H,17,18). The Hall–Kier alpha value is -1.35. The van der Waals surface area contributed by atoms with Gasteiger partial charge in [0, 0.05) is 12.1 Å². The van der Waals surface area contributed by atoms with E-state index >= 15 is 0 Å². The van der Waals surface area contributed by atoms with E-state index in [-0.39, 0.29) is 12.0 Å². The van der Waals surface area contributed by atoms with Crippen LogP contribution < -0.4 is 5.32 Å². The molecule has 3 heteroatoms. The van der Waals surface area contributed by atoms with E-state index in [9.17, 15) is 9.90 Å². The molecule has 1 aliphatic heterocycles. The van der Waals surface area contributed by atoms with Crippen molar-refractivity contribution in [3.8, 4) is 0 Å². The van der Waals surface area contributed by atoms with Crippen molar-refractivity contribution in [2.45, 2.75) is 51.0 Å². The van der Waals surface area contributed by atoms with E-state index in [1.807, 2.05) is 12.1 Å². The van der Waals surface area contributed by atoms with Gasteiger partial charge < -0.3 is 10.4 Å². The Kier molecular flexibility index (Phi) is 3.56. The van der Waals surface area contributed by atoms with Crippen molar-refractivity contribution in [1.82, 2.24) is 0 Å². The van der Waals surface area contributed by atoms with Gasteiger partial charge in [-0.15, -0.1) is 0 Å². The summed E-state index contributed by atoms with van der Waals surface area (Å²) in [7, 11) is 0. The molecular weight excluding hydrogens is 238 g/mol. The molecule has 2 aliphatic rings. The molecule has 3 rings (SSSR count). The number of amides is 1. The molecule has 1 heterocycles. The van der Waals surface area contributed by atoms with Crippen LogP contribution >= 0.6 is 0 Å². The number of anilines is 1. The summed E-state index contributed by atoms with van der Waals surface area (Å²) in [6, 6.07) is 6.00. The maximum absolute atomic E-state index is 11.5. The fourth-order valence-electron chi connectivity index (χ4n) is 3.32. The first kappa shape index (κ1) is 12.7. The lowest BCUT2D eigenvalue weighted by molar-refractivity contribution is -0.116. The highest BCUT2D eigenvalue weighted by molar-refractivity contribution is 5.92. The quantitative estimate of drug-likeness (QED) is 0.857. The van der Waals surface area contributed by atoms with Crippen LogP contribution in [0, 0.1) is 5.92 Å². The number of carbonyl (C=O) groups excluding carboxylic acids is 1. The Morgan fingerprint density at radius 2 is 1.95 bits per heavy atom. The van der Waals surface area contributed by atoms with E-state index < -0.39 is 0 Å². The Morgan fingerprint density at radius 1 is 1.16 bits per heavy atom. The number of fused-ring (bicyclic) bond motifs is 1. The summed E-state index contributed by atoms with van der Waals surface area (Å²) >= 11 is 0. The van der Waals surface area contributed by atoms with Crippen molar-refractivity contribution in [3.05, 3.63) is 29.3 Å². The van der Waals surface area contributed by atoms with Crippen molar-refractivity contribution < 1.29 is 9.90 Å². The minimum absolute atomic E-state index is 0.0999. The van der Waals surface area contributed by atoms with Crippen molar-refractivity contribution >= 4 is 11.6 Å². The molecule has 0 radical (unpaired) electrons. The monoisotopic (exact) mass is 259 g/mol. The SMILES string of the molecule is O=C1CCCc2cc(C(O)C3CCCC3)ccc2N1. The molecule has 0 saturated heterocycles. The van der Waals surface area contributed by atoms with Crippen LogP contribution in [0.3, 0.4) is 0 Å². The van der Waals surface area contributed by atoms with Crippen LogP contribution in [0.5, 0.6) is 0 Å². The van der Waals surface area contributed by atoms with Crippen molar-refractivity contribution in [3.63, 3.8) is 0 Å². The largest absolute Gasteiger partial charge is 0.388 e. The van der Waals surface area contributed by atoms with Crippen LogP contribution in [0.15, 0.2) is 18.2 Å². The number of aliphatic hydroxyl groups is 1. The van der Waals surface area contributed by atoms with Crippen LogP contribution in [0.2, 0.25) is 0 Å². The normalized spacial score (nSPS) is 21.6. The number of nitrogens with one attached hydrogen (secondary N) is 1. The Morgan fingerprint density at radius 3 is 2.74 bits per heavy atom. The summed E-state index contributed by atoms with van der Waals surface area (Å²) in [5.74, 6) is 0.515. The van der Waals surface area contributed by atoms with Crippen LogP contribution in [0.25, 0.3) is 0 Å². The van der Waals surface area contributed by atoms with E-state index in [2.05, 4.69) is 11.4 Å². The molecule has 1 aromatic rings. The second-order valence-corrected chi connectivity index (χ2v) is 5.81. The van der Waals surface area contributed by atoms with Crippen molar-refractivity contribution in [1.29, 1.82) is 0 Å². The van der Waals surface area contributed by atoms with Gasteiger partial charge in [-0.05, 0) is 48.8 Å². The lowest BCUT2D eigenvalue weighted by Gasteiger charge is -2.19.